The lowest BCUT2D eigenvalue weighted by molar-refractivity contribution is -0.385. The Labute approximate surface area is 116 Å². The van der Waals surface area contributed by atoms with Crippen LogP contribution in [0.25, 0.3) is 0 Å². The highest BCUT2D eigenvalue weighted by Crippen LogP contribution is 2.21. The molecule has 0 aliphatic rings. The van der Waals surface area contributed by atoms with Gasteiger partial charge < -0.3 is 11.1 Å². The molecule has 1 unspecified atom stereocenters. The third-order valence-electron chi connectivity index (χ3n) is 3.07. The number of benzene rings is 1. The molecular weight excluding hydrogens is 265 g/mol. The average Bonchev–Trinajstić information content (AvgIpc) is 2.37. The van der Waals surface area contributed by atoms with E-state index < -0.39 is 16.6 Å². The Kier molecular flexibility index (Phi) is 5.15. The molecule has 20 heavy (non-hydrogen) atoms. The first-order chi connectivity index (χ1) is 9.27. The number of aryl methyl sites for hydroxylation is 1. The zero-order valence-corrected chi connectivity index (χ0v) is 11.6. The van der Waals surface area contributed by atoms with E-state index in [0.29, 0.717) is 0 Å². The van der Waals surface area contributed by atoms with Crippen LogP contribution in [0.4, 0.5) is 10.1 Å². The number of hydrogen-bond donors (Lipinski definition) is 2. The Bertz CT molecular complexity index is 532. The van der Waals surface area contributed by atoms with E-state index in [1.165, 1.54) is 6.92 Å². The third-order valence-corrected chi connectivity index (χ3v) is 3.07. The molecule has 0 spiro atoms. The summed E-state index contributed by atoms with van der Waals surface area (Å²) in [5.41, 5.74) is 4.93. The minimum Gasteiger partial charge on any atom is -0.348 e. The molecule has 0 saturated heterocycles. The summed E-state index contributed by atoms with van der Waals surface area (Å²) in [6.45, 7) is 5.32. The molecule has 110 valence electrons. The topological polar surface area (TPSA) is 98.3 Å². The first-order valence-corrected chi connectivity index (χ1v) is 6.23. The third kappa shape index (κ3) is 3.51. The van der Waals surface area contributed by atoms with Crippen LogP contribution in [0.2, 0.25) is 0 Å². The van der Waals surface area contributed by atoms with Gasteiger partial charge in [0, 0.05) is 24.7 Å². The first kappa shape index (κ1) is 16.0. The molecule has 0 saturated carbocycles. The summed E-state index contributed by atoms with van der Waals surface area (Å²) in [5, 5.41) is 13.3. The standard InChI is InChI=1S/C13H18FN3O3/c1-7(2)11(6-15)16-13(18)10-5-9(17(19)20)4-8(3)12(10)14/h4-5,7,11H,6,15H2,1-3H3,(H,16,18). The quantitative estimate of drug-likeness (QED) is 0.635. The maximum Gasteiger partial charge on any atom is 0.270 e. The molecule has 0 aliphatic heterocycles. The lowest BCUT2D eigenvalue weighted by atomic mass is 10.0. The molecule has 1 rings (SSSR count). The summed E-state index contributed by atoms with van der Waals surface area (Å²) in [6.07, 6.45) is 0. The minimum atomic E-state index is -0.757. The zero-order valence-electron chi connectivity index (χ0n) is 11.6. The summed E-state index contributed by atoms with van der Waals surface area (Å²) < 4.78 is 13.9. The number of nitro benzene ring substituents is 1. The van der Waals surface area contributed by atoms with E-state index in [2.05, 4.69) is 5.32 Å². The van der Waals surface area contributed by atoms with Gasteiger partial charge in [0.25, 0.3) is 11.6 Å². The molecule has 1 aromatic rings. The number of halogens is 1. The van der Waals surface area contributed by atoms with Crippen LogP contribution in [0.15, 0.2) is 12.1 Å². The van der Waals surface area contributed by atoms with Gasteiger partial charge in [-0.15, -0.1) is 0 Å². The van der Waals surface area contributed by atoms with E-state index in [0.717, 1.165) is 12.1 Å². The van der Waals surface area contributed by atoms with Gasteiger partial charge in [0.05, 0.1) is 10.5 Å². The molecule has 1 atom stereocenters. The minimum absolute atomic E-state index is 0.0539. The highest BCUT2D eigenvalue weighted by atomic mass is 19.1. The maximum absolute atomic E-state index is 13.9. The largest absolute Gasteiger partial charge is 0.348 e. The van der Waals surface area contributed by atoms with E-state index in [1.54, 1.807) is 0 Å². The molecule has 3 N–H and O–H groups in total. The van der Waals surface area contributed by atoms with Gasteiger partial charge in [-0.05, 0) is 18.4 Å². The van der Waals surface area contributed by atoms with Crippen molar-refractivity contribution < 1.29 is 14.1 Å². The Morgan fingerprint density at radius 2 is 2.10 bits per heavy atom. The smallest absolute Gasteiger partial charge is 0.270 e. The molecule has 0 aliphatic carbocycles. The fourth-order valence-corrected chi connectivity index (χ4v) is 1.77. The number of nitrogens with one attached hydrogen (secondary N) is 1. The van der Waals surface area contributed by atoms with Gasteiger partial charge >= 0.3 is 0 Å². The van der Waals surface area contributed by atoms with Gasteiger partial charge in [-0.25, -0.2) is 4.39 Å². The second-order valence-corrected chi connectivity index (χ2v) is 4.94. The lowest BCUT2D eigenvalue weighted by Gasteiger charge is -2.20. The number of hydrogen-bond acceptors (Lipinski definition) is 4. The predicted molar refractivity (Wildman–Crippen MR) is 72.9 cm³/mol. The predicted octanol–water partition coefficient (Wildman–Crippen LogP) is 1.76. The fraction of sp³-hybridized carbons (Fsp3) is 0.462. The fourth-order valence-electron chi connectivity index (χ4n) is 1.77. The summed E-state index contributed by atoms with van der Waals surface area (Å²) in [4.78, 5) is 22.1. The van der Waals surface area contributed by atoms with Gasteiger partial charge in [0.15, 0.2) is 0 Å². The Balaban J connectivity index is 3.12. The Morgan fingerprint density at radius 3 is 2.55 bits per heavy atom. The molecule has 0 heterocycles. The summed E-state index contributed by atoms with van der Waals surface area (Å²) in [7, 11) is 0. The van der Waals surface area contributed by atoms with Gasteiger partial charge in [0.1, 0.15) is 5.82 Å². The molecule has 0 fully saturated rings. The SMILES string of the molecule is Cc1cc([N+](=O)[O-])cc(C(=O)NC(CN)C(C)C)c1F. The number of nitrogens with two attached hydrogens (primary N) is 1. The summed E-state index contributed by atoms with van der Waals surface area (Å²) >= 11 is 0. The van der Waals surface area contributed by atoms with Crippen molar-refractivity contribution in [2.24, 2.45) is 11.7 Å². The van der Waals surface area contributed by atoms with Crippen molar-refractivity contribution in [1.82, 2.24) is 5.32 Å². The molecule has 6 nitrogen and oxygen atoms in total. The van der Waals surface area contributed by atoms with Gasteiger partial charge in [-0.3, -0.25) is 14.9 Å². The number of amides is 1. The molecule has 0 radical (unpaired) electrons. The first-order valence-electron chi connectivity index (χ1n) is 6.23. The average molecular weight is 283 g/mol. The van der Waals surface area contributed by atoms with Crippen LogP contribution in [0.1, 0.15) is 29.8 Å². The second kappa shape index (κ2) is 6.42. The van der Waals surface area contributed by atoms with Crippen molar-refractivity contribution >= 4 is 11.6 Å². The van der Waals surface area contributed by atoms with Crippen molar-refractivity contribution in [3.05, 3.63) is 39.2 Å². The summed E-state index contributed by atoms with van der Waals surface area (Å²) in [6, 6.07) is 1.71. The highest BCUT2D eigenvalue weighted by Gasteiger charge is 2.22. The van der Waals surface area contributed by atoms with Gasteiger partial charge in [0.2, 0.25) is 0 Å². The van der Waals surface area contributed by atoms with E-state index in [1.807, 2.05) is 13.8 Å². The number of non-ortho nitro benzene ring substituents is 1. The van der Waals surface area contributed by atoms with Crippen molar-refractivity contribution in [3.63, 3.8) is 0 Å². The van der Waals surface area contributed by atoms with Crippen LogP contribution in [-0.2, 0) is 0 Å². The van der Waals surface area contributed by atoms with Crippen molar-refractivity contribution in [2.75, 3.05) is 6.54 Å². The summed E-state index contributed by atoms with van der Waals surface area (Å²) in [5.74, 6) is -1.38. The van der Waals surface area contributed by atoms with E-state index >= 15 is 0 Å². The van der Waals surface area contributed by atoms with Crippen LogP contribution < -0.4 is 11.1 Å². The monoisotopic (exact) mass is 283 g/mol. The normalized spacial score (nSPS) is 12.3. The highest BCUT2D eigenvalue weighted by molar-refractivity contribution is 5.95. The molecule has 1 aromatic carbocycles. The van der Waals surface area contributed by atoms with Crippen molar-refractivity contribution in [3.8, 4) is 0 Å². The lowest BCUT2D eigenvalue weighted by Crippen LogP contribution is -2.44. The molecule has 7 heteroatoms. The number of nitrogens with zero attached hydrogens (tertiary/aromatic N) is 1. The Hall–Kier alpha value is -2.02. The number of rotatable bonds is 5. The van der Waals surface area contributed by atoms with Crippen LogP contribution in [0.3, 0.4) is 0 Å². The van der Waals surface area contributed by atoms with Gasteiger partial charge in [-0.2, -0.15) is 0 Å². The van der Waals surface area contributed by atoms with E-state index in [-0.39, 0.29) is 35.3 Å². The Morgan fingerprint density at radius 1 is 1.50 bits per heavy atom. The molecule has 0 bridgehead atoms. The van der Waals surface area contributed by atoms with Crippen molar-refractivity contribution in [1.29, 1.82) is 0 Å². The number of carbonyl (C=O) groups excluding carboxylic acids is 1. The van der Waals surface area contributed by atoms with Crippen LogP contribution in [0.5, 0.6) is 0 Å². The zero-order chi connectivity index (χ0) is 15.4. The van der Waals surface area contributed by atoms with Crippen molar-refractivity contribution in [2.45, 2.75) is 26.8 Å². The number of nitro groups is 1. The number of carbonyl (C=O) groups is 1. The van der Waals surface area contributed by atoms with Crippen LogP contribution in [0, 0.1) is 28.8 Å². The molecule has 1 amide bonds. The molecular formula is C13H18FN3O3. The van der Waals surface area contributed by atoms with Crippen LogP contribution >= 0.6 is 0 Å². The molecule has 0 aromatic heterocycles. The van der Waals surface area contributed by atoms with E-state index in [4.69, 9.17) is 5.73 Å². The van der Waals surface area contributed by atoms with Crippen LogP contribution in [-0.4, -0.2) is 23.4 Å². The maximum atomic E-state index is 13.9. The van der Waals surface area contributed by atoms with Gasteiger partial charge in [-0.1, -0.05) is 13.8 Å². The second-order valence-electron chi connectivity index (χ2n) is 4.94. The van der Waals surface area contributed by atoms with E-state index in [9.17, 15) is 19.3 Å².